The molecule has 0 spiro atoms. The van der Waals surface area contributed by atoms with Crippen LogP contribution in [0, 0.1) is 13.8 Å². The number of hydrogen-bond acceptors (Lipinski definition) is 4. The molecule has 2 aromatic heterocycles. The average molecular weight is 476 g/mol. The molecule has 4 aromatic rings. The Morgan fingerprint density at radius 1 is 0.941 bits per heavy atom. The van der Waals surface area contributed by atoms with Crippen molar-refractivity contribution in [3.63, 3.8) is 0 Å². The van der Waals surface area contributed by atoms with Gasteiger partial charge in [0.25, 0.3) is 5.56 Å². The van der Waals surface area contributed by atoms with Gasteiger partial charge in [0.05, 0.1) is 11.4 Å². The van der Waals surface area contributed by atoms with Crippen molar-refractivity contribution in [3.05, 3.63) is 87.3 Å². The number of anilines is 1. The molecule has 8 heteroatoms. The van der Waals surface area contributed by atoms with Crippen molar-refractivity contribution in [2.45, 2.75) is 20.4 Å². The minimum Gasteiger partial charge on any atom is -0.368 e. The third-order valence-corrected chi connectivity index (χ3v) is 6.66. The van der Waals surface area contributed by atoms with Crippen LogP contribution in [0.4, 0.5) is 5.69 Å². The summed E-state index contributed by atoms with van der Waals surface area (Å²) in [5.41, 5.74) is 4.09. The first-order valence-corrected chi connectivity index (χ1v) is 11.7. The molecule has 34 heavy (non-hydrogen) atoms. The van der Waals surface area contributed by atoms with E-state index in [9.17, 15) is 9.59 Å². The number of amides is 1. The Kier molecular flexibility index (Phi) is 5.87. The van der Waals surface area contributed by atoms with Crippen molar-refractivity contribution in [2.24, 2.45) is 0 Å². The molecule has 3 heterocycles. The maximum absolute atomic E-state index is 13.3. The highest BCUT2D eigenvalue weighted by Gasteiger charge is 2.24. The van der Waals surface area contributed by atoms with E-state index in [1.54, 1.807) is 15.3 Å². The van der Waals surface area contributed by atoms with Gasteiger partial charge < -0.3 is 9.80 Å². The van der Waals surface area contributed by atoms with Crippen molar-refractivity contribution >= 4 is 34.2 Å². The predicted octanol–water partition coefficient (Wildman–Crippen LogP) is 3.81. The molecule has 2 aromatic carbocycles. The fourth-order valence-electron chi connectivity index (χ4n) is 4.67. The molecule has 1 fully saturated rings. The van der Waals surface area contributed by atoms with Gasteiger partial charge in [-0.15, -0.1) is 0 Å². The number of rotatable bonds is 4. The van der Waals surface area contributed by atoms with Gasteiger partial charge in [0.15, 0.2) is 0 Å². The lowest BCUT2D eigenvalue weighted by Gasteiger charge is -2.36. The largest absolute Gasteiger partial charge is 0.368 e. The SMILES string of the molecule is Cc1cc(=O)n(CC(=O)N2CCN(c3ccc(Cl)cc3)CC2)c2c1c(C)nn2-c1ccccc1. The van der Waals surface area contributed by atoms with Gasteiger partial charge in [0.1, 0.15) is 12.2 Å². The van der Waals surface area contributed by atoms with Gasteiger partial charge in [-0.3, -0.25) is 14.2 Å². The average Bonchev–Trinajstić information content (AvgIpc) is 3.20. The topological polar surface area (TPSA) is 63.4 Å². The Balaban J connectivity index is 1.42. The highest BCUT2D eigenvalue weighted by atomic mass is 35.5. The van der Waals surface area contributed by atoms with E-state index in [-0.39, 0.29) is 18.0 Å². The zero-order chi connectivity index (χ0) is 23.8. The number of benzene rings is 2. The van der Waals surface area contributed by atoms with Crippen LogP contribution < -0.4 is 10.5 Å². The number of fused-ring (bicyclic) bond motifs is 1. The third-order valence-electron chi connectivity index (χ3n) is 6.41. The Morgan fingerprint density at radius 2 is 1.62 bits per heavy atom. The predicted molar refractivity (Wildman–Crippen MR) is 135 cm³/mol. The Labute approximate surface area is 202 Å². The summed E-state index contributed by atoms with van der Waals surface area (Å²) in [4.78, 5) is 30.4. The van der Waals surface area contributed by atoms with E-state index in [1.807, 2.05) is 73.3 Å². The second-order valence-corrected chi connectivity index (χ2v) is 9.06. The van der Waals surface area contributed by atoms with E-state index >= 15 is 0 Å². The van der Waals surface area contributed by atoms with Gasteiger partial charge in [-0.1, -0.05) is 29.8 Å². The third kappa shape index (κ3) is 4.07. The van der Waals surface area contributed by atoms with Crippen molar-refractivity contribution in [1.82, 2.24) is 19.2 Å². The molecule has 7 nitrogen and oxygen atoms in total. The summed E-state index contributed by atoms with van der Waals surface area (Å²) in [5, 5.41) is 6.32. The van der Waals surface area contributed by atoms with Gasteiger partial charge in [0.2, 0.25) is 5.91 Å². The van der Waals surface area contributed by atoms with Crippen molar-refractivity contribution in [3.8, 4) is 5.69 Å². The first kappa shape index (κ1) is 22.2. The summed E-state index contributed by atoms with van der Waals surface area (Å²) in [6.45, 7) is 6.48. The molecule has 5 rings (SSSR count). The Morgan fingerprint density at radius 3 is 2.29 bits per heavy atom. The van der Waals surface area contributed by atoms with E-state index in [0.29, 0.717) is 23.8 Å². The van der Waals surface area contributed by atoms with E-state index < -0.39 is 0 Å². The number of aromatic nitrogens is 3. The molecule has 1 amide bonds. The lowest BCUT2D eigenvalue weighted by Crippen LogP contribution is -2.50. The Bertz CT molecular complexity index is 1400. The highest BCUT2D eigenvalue weighted by molar-refractivity contribution is 6.30. The summed E-state index contributed by atoms with van der Waals surface area (Å²) in [7, 11) is 0. The minimum atomic E-state index is -0.199. The van der Waals surface area contributed by atoms with E-state index in [0.717, 1.165) is 41.1 Å². The molecule has 1 aliphatic rings. The summed E-state index contributed by atoms with van der Waals surface area (Å²) in [6.07, 6.45) is 0. The number of piperazine rings is 1. The summed E-state index contributed by atoms with van der Waals surface area (Å²) in [6, 6.07) is 19.0. The van der Waals surface area contributed by atoms with E-state index in [1.165, 1.54) is 0 Å². The molecule has 1 saturated heterocycles. The second-order valence-electron chi connectivity index (χ2n) is 8.63. The van der Waals surface area contributed by atoms with E-state index in [2.05, 4.69) is 4.90 Å². The number of hydrogen-bond donors (Lipinski definition) is 0. The smallest absolute Gasteiger partial charge is 0.252 e. The maximum atomic E-state index is 13.3. The second kappa shape index (κ2) is 8.99. The first-order valence-electron chi connectivity index (χ1n) is 11.4. The van der Waals surface area contributed by atoms with E-state index in [4.69, 9.17) is 16.7 Å². The van der Waals surface area contributed by atoms with Crippen molar-refractivity contribution in [2.75, 3.05) is 31.1 Å². The van der Waals surface area contributed by atoms with Crippen molar-refractivity contribution < 1.29 is 4.79 Å². The molecule has 0 aliphatic carbocycles. The Hall–Kier alpha value is -3.58. The lowest BCUT2D eigenvalue weighted by molar-refractivity contribution is -0.132. The summed E-state index contributed by atoms with van der Waals surface area (Å²) >= 11 is 6.00. The summed E-state index contributed by atoms with van der Waals surface area (Å²) in [5.74, 6) is -0.0681. The fraction of sp³-hybridized carbons (Fsp3) is 0.269. The molecule has 0 unspecified atom stereocenters. The van der Waals surface area contributed by atoms with Crippen LogP contribution in [0.1, 0.15) is 11.3 Å². The molecule has 174 valence electrons. The molecular weight excluding hydrogens is 450 g/mol. The van der Waals surface area contributed by atoms with Crippen LogP contribution in [0.15, 0.2) is 65.5 Å². The highest BCUT2D eigenvalue weighted by Crippen LogP contribution is 2.24. The van der Waals surface area contributed by atoms with Crippen LogP contribution in [0.25, 0.3) is 16.7 Å². The monoisotopic (exact) mass is 475 g/mol. The number of para-hydroxylation sites is 1. The zero-order valence-electron chi connectivity index (χ0n) is 19.2. The maximum Gasteiger partial charge on any atom is 0.252 e. The molecular formula is C26H26ClN5O2. The zero-order valence-corrected chi connectivity index (χ0v) is 20.0. The van der Waals surface area contributed by atoms with Crippen LogP contribution in [0.5, 0.6) is 0 Å². The number of aryl methyl sites for hydroxylation is 2. The van der Waals surface area contributed by atoms with Gasteiger partial charge in [0, 0.05) is 48.3 Å². The minimum absolute atomic E-state index is 0.0193. The molecule has 0 N–H and O–H groups in total. The standard InChI is InChI=1S/C26H26ClN5O2/c1-18-16-23(33)31(26-25(18)19(2)28-32(26)22-6-4-3-5-7-22)17-24(34)30-14-12-29(13-15-30)21-10-8-20(27)9-11-21/h3-11,16H,12-15,17H2,1-2H3. The normalized spacial score (nSPS) is 14.1. The molecule has 0 bridgehead atoms. The summed E-state index contributed by atoms with van der Waals surface area (Å²) < 4.78 is 3.33. The molecule has 0 saturated carbocycles. The van der Waals surface area contributed by atoms with Gasteiger partial charge in [-0.25, -0.2) is 4.68 Å². The molecule has 0 atom stereocenters. The van der Waals surface area contributed by atoms with Crippen LogP contribution in [-0.2, 0) is 11.3 Å². The lowest BCUT2D eigenvalue weighted by atomic mass is 10.1. The van der Waals surface area contributed by atoms with Gasteiger partial charge in [-0.05, 0) is 55.8 Å². The molecule has 0 radical (unpaired) electrons. The molecule has 1 aliphatic heterocycles. The van der Waals surface area contributed by atoms with Crippen LogP contribution in [-0.4, -0.2) is 51.3 Å². The van der Waals surface area contributed by atoms with Gasteiger partial charge >= 0.3 is 0 Å². The number of halogens is 1. The fourth-order valence-corrected chi connectivity index (χ4v) is 4.79. The van der Waals surface area contributed by atoms with Crippen LogP contribution in [0.3, 0.4) is 0 Å². The quantitative estimate of drug-likeness (QED) is 0.450. The number of pyridine rings is 1. The van der Waals surface area contributed by atoms with Crippen molar-refractivity contribution in [1.29, 1.82) is 0 Å². The van der Waals surface area contributed by atoms with Crippen LogP contribution in [0.2, 0.25) is 5.02 Å². The first-order chi connectivity index (χ1) is 16.4. The number of nitrogens with zero attached hydrogens (tertiary/aromatic N) is 5. The van der Waals surface area contributed by atoms with Crippen LogP contribution >= 0.6 is 11.6 Å². The number of carbonyl (C=O) groups excluding carboxylic acids is 1. The van der Waals surface area contributed by atoms with Gasteiger partial charge in [-0.2, -0.15) is 5.10 Å². The number of carbonyl (C=O) groups is 1.